The summed E-state index contributed by atoms with van der Waals surface area (Å²) < 4.78 is 33.3. The van der Waals surface area contributed by atoms with E-state index in [1.165, 1.54) is 0 Å². The van der Waals surface area contributed by atoms with Crippen LogP contribution in [0.15, 0.2) is 72.8 Å². The Kier molecular flexibility index (Phi) is 22.0. The monoisotopic (exact) mass is 1090 g/mol. The Hall–Kier alpha value is -4.51. The lowest BCUT2D eigenvalue weighted by Crippen LogP contribution is -2.60. The van der Waals surface area contributed by atoms with Crippen molar-refractivity contribution in [2.45, 2.75) is 92.1 Å². The fraction of sp³-hybridized carbons (Fsp3) is 0.533. The lowest BCUT2D eigenvalue weighted by Gasteiger charge is -2.39. The highest BCUT2D eigenvalue weighted by atomic mass is 32.1. The molecule has 3 aromatic carbocycles. The van der Waals surface area contributed by atoms with Gasteiger partial charge in [0.25, 0.3) is 0 Å². The van der Waals surface area contributed by atoms with Gasteiger partial charge in [-0.2, -0.15) is 0 Å². The molecule has 0 amide bonds. The van der Waals surface area contributed by atoms with E-state index in [9.17, 15) is 61.3 Å². The smallest absolute Gasteiger partial charge is 0.229 e. The van der Waals surface area contributed by atoms with Crippen molar-refractivity contribution in [2.24, 2.45) is 0 Å². The van der Waals surface area contributed by atoms with E-state index < -0.39 is 112 Å². The lowest BCUT2D eigenvalue weighted by molar-refractivity contribution is -0.277. The summed E-state index contributed by atoms with van der Waals surface area (Å²) in [5.74, 6) is 0.851. The molecule has 0 saturated carbocycles. The minimum atomic E-state index is -1.58. The van der Waals surface area contributed by atoms with Crippen molar-refractivity contribution >= 4 is 69.1 Å². The maximum atomic E-state index is 10.3. The first-order valence-corrected chi connectivity index (χ1v) is 24.3. The zero-order chi connectivity index (χ0) is 52.8. The van der Waals surface area contributed by atoms with E-state index >= 15 is 0 Å². The second-order valence-corrected chi connectivity index (χ2v) is 18.2. The predicted molar refractivity (Wildman–Crippen MR) is 272 cm³/mol. The Balaban J connectivity index is 0.974. The van der Waals surface area contributed by atoms with E-state index in [1.54, 1.807) is 72.8 Å². The molecule has 3 saturated heterocycles. The summed E-state index contributed by atoms with van der Waals surface area (Å²) in [6.07, 6.45) is -21.3. The normalized spacial score (nSPS) is 30.1. The first kappa shape index (κ1) is 57.8. The van der Waals surface area contributed by atoms with E-state index in [2.05, 4.69) is 36.8 Å². The van der Waals surface area contributed by atoms with Crippen LogP contribution in [0.2, 0.25) is 0 Å². The number of aliphatic hydroxyl groups is 12. The minimum Gasteiger partial charge on any atom is -0.462 e. The Bertz CT molecular complexity index is 1950. The molecule has 28 heteroatoms. The van der Waals surface area contributed by atoms with Gasteiger partial charge in [0, 0.05) is 56.3 Å². The van der Waals surface area contributed by atoms with E-state index in [0.717, 1.165) is 0 Å². The third-order valence-electron chi connectivity index (χ3n) is 11.8. The molecule has 18 N–H and O–H groups in total. The van der Waals surface area contributed by atoms with Crippen LogP contribution < -0.4 is 46.1 Å². The summed E-state index contributed by atoms with van der Waals surface area (Å²) in [6, 6.07) is 19.5. The maximum absolute atomic E-state index is 10.3. The number of anilines is 3. The van der Waals surface area contributed by atoms with Crippen LogP contribution in [0.1, 0.15) is 0 Å². The fourth-order valence-corrected chi connectivity index (χ4v) is 8.25. The average Bonchev–Trinajstić information content (AvgIpc) is 3.38. The highest BCUT2D eigenvalue weighted by Crippen LogP contribution is 2.28. The summed E-state index contributed by atoms with van der Waals surface area (Å²) in [5, 5.41) is 140. The van der Waals surface area contributed by atoms with Crippen LogP contribution in [-0.4, -0.2) is 233 Å². The molecular weight excluding hydrogens is 1020 g/mol. The highest BCUT2D eigenvalue weighted by Gasteiger charge is 2.47. The minimum absolute atomic E-state index is 0.284. The molecule has 6 rings (SSSR count). The lowest BCUT2D eigenvalue weighted by atomic mass is 9.99. The quantitative estimate of drug-likeness (QED) is 0.0450. The van der Waals surface area contributed by atoms with Gasteiger partial charge in [-0.1, -0.05) is 0 Å². The molecule has 404 valence electrons. The summed E-state index contributed by atoms with van der Waals surface area (Å²) in [7, 11) is 0. The Labute approximate surface area is 435 Å². The maximum Gasteiger partial charge on any atom is 0.229 e. The number of hydrogen-bond donors (Lipinski definition) is 18. The van der Waals surface area contributed by atoms with Crippen LogP contribution in [0.4, 0.5) is 17.1 Å². The van der Waals surface area contributed by atoms with Crippen molar-refractivity contribution < 1.29 is 89.7 Å². The van der Waals surface area contributed by atoms with Crippen molar-refractivity contribution in [1.29, 1.82) is 0 Å². The van der Waals surface area contributed by atoms with Crippen LogP contribution >= 0.6 is 36.7 Å². The molecule has 0 bridgehead atoms. The van der Waals surface area contributed by atoms with Gasteiger partial charge in [0.1, 0.15) is 90.5 Å². The largest absolute Gasteiger partial charge is 0.462 e. The SMILES string of the molecule is OC[C@H]1O[C@H](Oc2ccc(NC(=S)NCCN(CCNC(=S)Nc3ccc(O[C@H]4O[C@H](CO)[C@@H](O)[C@H](O)[C@@H]4O)cc3)CCNC(=S)Nc3ccc(O[C@H]4O[C@H](CO)[C@@H](O)[C@H](O)[C@@H]4O)cc3)cc2)[C@@H](O)[C@@H](O)[C@@H]1O. The molecule has 0 aliphatic carbocycles. The average molecular weight is 1090 g/mol. The number of hydrogen-bond acceptors (Lipinski definition) is 22. The summed E-state index contributed by atoms with van der Waals surface area (Å²) in [6.45, 7) is 1.05. The Morgan fingerprint density at radius 1 is 0.397 bits per heavy atom. The molecule has 0 aromatic heterocycles. The van der Waals surface area contributed by atoms with Gasteiger partial charge in [0.05, 0.1) is 19.8 Å². The number of benzene rings is 3. The van der Waals surface area contributed by atoms with Gasteiger partial charge in [-0.15, -0.1) is 0 Å². The molecule has 0 unspecified atom stereocenters. The van der Waals surface area contributed by atoms with Gasteiger partial charge in [-0.3, -0.25) is 4.90 Å². The number of ether oxygens (including phenoxy) is 6. The van der Waals surface area contributed by atoms with Gasteiger partial charge in [0.15, 0.2) is 15.3 Å². The summed E-state index contributed by atoms with van der Waals surface area (Å²) in [5.41, 5.74) is 1.83. The van der Waals surface area contributed by atoms with Gasteiger partial charge in [-0.25, -0.2) is 0 Å². The zero-order valence-electron chi connectivity index (χ0n) is 38.9. The molecule has 3 fully saturated rings. The second kappa shape index (κ2) is 27.9. The molecule has 0 radical (unpaired) electrons. The Morgan fingerprint density at radius 3 is 0.877 bits per heavy atom. The molecule has 3 aliphatic heterocycles. The van der Waals surface area contributed by atoms with Crippen LogP contribution in [-0.2, 0) is 14.2 Å². The summed E-state index contributed by atoms with van der Waals surface area (Å²) >= 11 is 16.6. The summed E-state index contributed by atoms with van der Waals surface area (Å²) in [4.78, 5) is 2.13. The zero-order valence-corrected chi connectivity index (χ0v) is 41.4. The van der Waals surface area contributed by atoms with E-state index in [0.29, 0.717) is 71.7 Å². The highest BCUT2D eigenvalue weighted by molar-refractivity contribution is 7.80. The molecule has 3 aromatic rings. The molecule has 3 heterocycles. The van der Waals surface area contributed by atoms with Crippen LogP contribution in [0.3, 0.4) is 0 Å². The second-order valence-electron chi connectivity index (χ2n) is 17.0. The van der Waals surface area contributed by atoms with Crippen molar-refractivity contribution in [2.75, 3.05) is 75.0 Å². The van der Waals surface area contributed by atoms with Gasteiger partial charge in [-0.05, 0) is 109 Å². The number of rotatable bonds is 21. The molecule has 15 atom stereocenters. The number of aliphatic hydroxyl groups excluding tert-OH is 12. The third-order valence-corrected chi connectivity index (χ3v) is 12.5. The standard InChI is InChI=1S/C45H63N7O18S3/c53-19-28-31(56)34(59)37(62)40(68-28)65-25-7-1-22(2-8-25)49-43(71)46-13-16-52(17-14-47-44(72)50-23-3-9-26(10-4-23)66-41-38(63)35(60)32(57)29(20-54)69-41)18-15-48-45(73)51-24-5-11-27(12-6-24)67-42-39(64)36(61)33(58)30(21-55)70-42/h1-12,28-42,53-64H,13-21H2,(H2,46,49,71)(H2,47,50,72)(H2,48,51,73)/t28-,29-,30-,31-,32-,33-,34+,35+,36+,37+,38+,39+,40+,41+,42+/m1/s1. The first-order valence-electron chi connectivity index (χ1n) is 23.1. The van der Waals surface area contributed by atoms with Crippen molar-refractivity contribution in [3.63, 3.8) is 0 Å². The topological polar surface area (TPSA) is 374 Å². The fourth-order valence-electron chi connectivity index (χ4n) is 7.59. The molecule has 3 aliphatic rings. The van der Waals surface area contributed by atoms with Gasteiger partial charge >= 0.3 is 0 Å². The predicted octanol–water partition coefficient (Wildman–Crippen LogP) is -4.22. The van der Waals surface area contributed by atoms with Crippen molar-refractivity contribution in [3.05, 3.63) is 72.8 Å². The van der Waals surface area contributed by atoms with Gasteiger partial charge in [0.2, 0.25) is 18.9 Å². The first-order chi connectivity index (χ1) is 35.0. The van der Waals surface area contributed by atoms with E-state index in [4.69, 9.17) is 65.1 Å². The molecule has 73 heavy (non-hydrogen) atoms. The van der Waals surface area contributed by atoms with Crippen LogP contribution in [0, 0.1) is 0 Å². The van der Waals surface area contributed by atoms with Crippen molar-refractivity contribution in [3.8, 4) is 17.2 Å². The number of thiocarbonyl (C=S) groups is 3. The molecular formula is C45H63N7O18S3. The third kappa shape index (κ3) is 16.2. The van der Waals surface area contributed by atoms with E-state index in [1.807, 2.05) is 0 Å². The van der Waals surface area contributed by atoms with Gasteiger partial charge < -0.3 is 122 Å². The van der Waals surface area contributed by atoms with E-state index in [-0.39, 0.29) is 17.2 Å². The number of nitrogens with zero attached hydrogens (tertiary/aromatic N) is 1. The number of nitrogens with one attached hydrogen (secondary N) is 6. The van der Waals surface area contributed by atoms with Crippen LogP contribution in [0.5, 0.6) is 17.2 Å². The Morgan fingerprint density at radius 2 is 0.644 bits per heavy atom. The van der Waals surface area contributed by atoms with Crippen molar-refractivity contribution in [1.82, 2.24) is 20.9 Å². The molecule has 0 spiro atoms. The molecule has 25 nitrogen and oxygen atoms in total. The van der Waals surface area contributed by atoms with Crippen LogP contribution in [0.25, 0.3) is 0 Å².